The van der Waals surface area contributed by atoms with E-state index in [1.54, 1.807) is 0 Å². The van der Waals surface area contributed by atoms with Crippen molar-refractivity contribution in [1.29, 1.82) is 5.26 Å². The zero-order valence-corrected chi connectivity index (χ0v) is 29.2. The smallest absolute Gasteiger partial charge is 0.0991 e. The third-order valence-corrected chi connectivity index (χ3v) is 10.7. The van der Waals surface area contributed by atoms with Gasteiger partial charge in [-0.3, -0.25) is 0 Å². The van der Waals surface area contributed by atoms with Crippen molar-refractivity contribution in [1.82, 2.24) is 9.13 Å². The van der Waals surface area contributed by atoms with E-state index in [9.17, 15) is 5.26 Å². The Morgan fingerprint density at radius 3 is 1.40 bits per heavy atom. The van der Waals surface area contributed by atoms with Crippen molar-refractivity contribution in [2.45, 2.75) is 6.92 Å². The Labute approximate surface area is 307 Å². The van der Waals surface area contributed by atoms with Gasteiger partial charge in [0.2, 0.25) is 0 Å². The molecule has 0 bridgehead atoms. The zero-order valence-electron chi connectivity index (χ0n) is 29.2. The summed E-state index contributed by atoms with van der Waals surface area (Å²) in [6.07, 6.45) is 0. The Morgan fingerprint density at radius 1 is 0.377 bits per heavy atom. The molecule has 0 spiro atoms. The second-order valence-corrected chi connectivity index (χ2v) is 13.7. The normalized spacial score (nSPS) is 11.5. The second-order valence-electron chi connectivity index (χ2n) is 13.7. The number of hydrogen-bond donors (Lipinski definition) is 0. The van der Waals surface area contributed by atoms with Gasteiger partial charge in [-0.15, -0.1) is 0 Å². The number of rotatable bonds is 5. The van der Waals surface area contributed by atoms with Gasteiger partial charge in [0.1, 0.15) is 0 Å². The molecule has 10 aromatic rings. The van der Waals surface area contributed by atoms with E-state index in [0.29, 0.717) is 5.56 Å². The van der Waals surface area contributed by atoms with E-state index in [1.807, 2.05) is 18.2 Å². The summed E-state index contributed by atoms with van der Waals surface area (Å²) in [6.45, 7) is 2.18. The van der Waals surface area contributed by atoms with E-state index in [-0.39, 0.29) is 0 Å². The van der Waals surface area contributed by atoms with Crippen molar-refractivity contribution in [2.24, 2.45) is 0 Å². The van der Waals surface area contributed by atoms with Gasteiger partial charge in [-0.25, -0.2) is 0 Å². The highest BCUT2D eigenvalue weighted by Crippen LogP contribution is 2.42. The third-order valence-electron chi connectivity index (χ3n) is 10.7. The average molecular weight is 676 g/mol. The number of nitrogens with zero attached hydrogens (tertiary/aromatic N) is 3. The van der Waals surface area contributed by atoms with Crippen LogP contribution in [0.4, 0.5) is 0 Å². The SMILES string of the molecule is Cc1cc(-n2c3ccccc3c3cc(-c4ccccc4)ccc32)c(-n2c3ccccc3c3cc(-c4ccccc4)ccc32)cc1-c1cccc(C#N)c1. The highest BCUT2D eigenvalue weighted by Gasteiger charge is 2.22. The topological polar surface area (TPSA) is 33.6 Å². The Bertz CT molecular complexity index is 3070. The van der Waals surface area contributed by atoms with Crippen LogP contribution in [0.2, 0.25) is 0 Å². The number of nitriles is 1. The van der Waals surface area contributed by atoms with Gasteiger partial charge in [0, 0.05) is 21.5 Å². The molecule has 248 valence electrons. The lowest BCUT2D eigenvalue weighted by molar-refractivity contribution is 1.09. The van der Waals surface area contributed by atoms with Gasteiger partial charge in [0.25, 0.3) is 0 Å². The number of benzene rings is 8. The summed E-state index contributed by atoms with van der Waals surface area (Å²) < 4.78 is 4.88. The number of para-hydroxylation sites is 2. The van der Waals surface area contributed by atoms with E-state index in [0.717, 1.165) is 50.1 Å². The molecule has 0 radical (unpaired) electrons. The van der Waals surface area contributed by atoms with E-state index in [1.165, 1.54) is 43.8 Å². The molecule has 2 aromatic heterocycles. The fourth-order valence-corrected chi connectivity index (χ4v) is 8.19. The van der Waals surface area contributed by atoms with E-state index in [2.05, 4.69) is 186 Å². The number of aromatic nitrogens is 2. The number of hydrogen-bond acceptors (Lipinski definition) is 1. The number of fused-ring (bicyclic) bond motifs is 6. The Kier molecular flexibility index (Phi) is 7.09. The van der Waals surface area contributed by atoms with Gasteiger partial charge in [0.05, 0.1) is 45.1 Å². The lowest BCUT2D eigenvalue weighted by atomic mass is 9.97. The molecular formula is C50H33N3. The fraction of sp³-hybridized carbons (Fsp3) is 0.0200. The van der Waals surface area contributed by atoms with Crippen molar-refractivity contribution in [3.8, 4) is 50.8 Å². The third kappa shape index (κ3) is 4.96. The maximum atomic E-state index is 9.83. The lowest BCUT2D eigenvalue weighted by Gasteiger charge is -2.20. The van der Waals surface area contributed by atoms with Crippen LogP contribution in [0.15, 0.2) is 182 Å². The Hall–Kier alpha value is -7.15. The lowest BCUT2D eigenvalue weighted by Crippen LogP contribution is -2.05. The predicted molar refractivity (Wildman–Crippen MR) is 221 cm³/mol. The van der Waals surface area contributed by atoms with Gasteiger partial charge >= 0.3 is 0 Å². The first-order valence-electron chi connectivity index (χ1n) is 18.0. The van der Waals surface area contributed by atoms with Crippen LogP contribution in [0.25, 0.3) is 88.4 Å². The monoisotopic (exact) mass is 675 g/mol. The highest BCUT2D eigenvalue weighted by molar-refractivity contribution is 6.13. The van der Waals surface area contributed by atoms with Crippen molar-refractivity contribution < 1.29 is 0 Å². The number of aryl methyl sites for hydroxylation is 1. The van der Waals surface area contributed by atoms with Crippen molar-refractivity contribution in [3.05, 3.63) is 193 Å². The molecule has 0 aliphatic heterocycles. The fourth-order valence-electron chi connectivity index (χ4n) is 8.19. The maximum Gasteiger partial charge on any atom is 0.0991 e. The molecule has 2 heterocycles. The standard InChI is InChI=1S/C50H33N3/c1-33-27-49(52-45-21-10-8-19-40(45)43-29-37(23-25-47(43)52)35-14-4-2-5-15-35)50(31-42(33)39-18-12-13-34(28-39)32-51)53-46-22-11-9-20-41(46)44-30-38(24-26-48(44)53)36-16-6-3-7-17-36/h2-31H,1H3. The average Bonchev–Trinajstić information content (AvgIpc) is 3.73. The van der Waals surface area contributed by atoms with Crippen molar-refractivity contribution >= 4 is 43.6 Å². The molecule has 0 aliphatic carbocycles. The van der Waals surface area contributed by atoms with Crippen LogP contribution >= 0.6 is 0 Å². The summed E-state index contributed by atoms with van der Waals surface area (Å²) >= 11 is 0. The van der Waals surface area contributed by atoms with E-state index >= 15 is 0 Å². The Morgan fingerprint density at radius 2 is 0.849 bits per heavy atom. The first-order valence-corrected chi connectivity index (χ1v) is 18.0. The summed E-state index contributed by atoms with van der Waals surface area (Å²) in [6, 6.07) is 67.3. The summed E-state index contributed by atoms with van der Waals surface area (Å²) in [5.41, 5.74) is 15.4. The first-order chi connectivity index (χ1) is 26.2. The highest BCUT2D eigenvalue weighted by atomic mass is 15.1. The van der Waals surface area contributed by atoms with Crippen LogP contribution < -0.4 is 0 Å². The maximum absolute atomic E-state index is 9.83. The summed E-state index contributed by atoms with van der Waals surface area (Å²) in [4.78, 5) is 0. The molecule has 0 unspecified atom stereocenters. The molecule has 0 atom stereocenters. The van der Waals surface area contributed by atoms with Gasteiger partial charge in [0.15, 0.2) is 0 Å². The van der Waals surface area contributed by atoms with Crippen LogP contribution in [-0.2, 0) is 0 Å². The molecule has 3 heteroatoms. The summed E-state index contributed by atoms with van der Waals surface area (Å²) in [7, 11) is 0. The van der Waals surface area contributed by atoms with E-state index in [4.69, 9.17) is 0 Å². The van der Waals surface area contributed by atoms with Crippen LogP contribution in [0.3, 0.4) is 0 Å². The molecule has 3 nitrogen and oxygen atoms in total. The van der Waals surface area contributed by atoms with Crippen molar-refractivity contribution in [3.63, 3.8) is 0 Å². The van der Waals surface area contributed by atoms with Crippen LogP contribution in [0, 0.1) is 18.3 Å². The van der Waals surface area contributed by atoms with Crippen LogP contribution in [0.1, 0.15) is 11.1 Å². The van der Waals surface area contributed by atoms with Crippen molar-refractivity contribution in [2.75, 3.05) is 0 Å². The van der Waals surface area contributed by atoms with Gasteiger partial charge in [-0.1, -0.05) is 121 Å². The van der Waals surface area contributed by atoms with Gasteiger partial charge in [-0.2, -0.15) is 5.26 Å². The summed E-state index contributed by atoms with van der Waals surface area (Å²) in [5.74, 6) is 0. The van der Waals surface area contributed by atoms with Gasteiger partial charge < -0.3 is 9.13 Å². The molecule has 53 heavy (non-hydrogen) atoms. The molecule has 0 saturated heterocycles. The molecule has 0 N–H and O–H groups in total. The quantitative estimate of drug-likeness (QED) is 0.179. The molecule has 10 rings (SSSR count). The van der Waals surface area contributed by atoms with Gasteiger partial charge in [-0.05, 0) is 107 Å². The molecular weight excluding hydrogens is 643 g/mol. The van der Waals surface area contributed by atoms with E-state index < -0.39 is 0 Å². The molecule has 0 aliphatic rings. The minimum Gasteiger partial charge on any atom is -0.307 e. The molecule has 0 amide bonds. The molecule has 0 fully saturated rings. The largest absolute Gasteiger partial charge is 0.307 e. The zero-order chi connectivity index (χ0) is 35.5. The first kappa shape index (κ1) is 30.7. The minimum atomic E-state index is 0.648. The second kappa shape index (κ2) is 12.3. The van der Waals surface area contributed by atoms with Crippen LogP contribution in [-0.4, -0.2) is 9.13 Å². The van der Waals surface area contributed by atoms with Crippen LogP contribution in [0.5, 0.6) is 0 Å². The predicted octanol–water partition coefficient (Wildman–Crippen LogP) is 13.1. The molecule has 8 aromatic carbocycles. The molecule has 0 saturated carbocycles. The minimum absolute atomic E-state index is 0.648. The summed E-state index contributed by atoms with van der Waals surface area (Å²) in [5, 5.41) is 14.7. The Balaban J connectivity index is 1.31.